The van der Waals surface area contributed by atoms with Gasteiger partial charge in [-0.15, -0.1) is 0 Å². The first-order valence-electron chi connectivity index (χ1n) is 9.80. The van der Waals surface area contributed by atoms with E-state index in [4.69, 9.17) is 4.42 Å². The molecule has 3 aromatic rings. The summed E-state index contributed by atoms with van der Waals surface area (Å²) in [5.74, 6) is 1.55. The second kappa shape index (κ2) is 7.10. The molecule has 1 aromatic carbocycles. The Morgan fingerprint density at radius 2 is 1.93 bits per heavy atom. The molecule has 0 spiro atoms. The molecule has 2 aromatic heterocycles. The van der Waals surface area contributed by atoms with Gasteiger partial charge in [0, 0.05) is 43.4 Å². The van der Waals surface area contributed by atoms with Crippen LogP contribution in [0.4, 0.5) is 5.88 Å². The maximum atomic E-state index is 12.2. The average molecular weight is 384 g/mol. The fraction of sp³-hybridized carbons (Fsp3) is 0.261. The summed E-state index contributed by atoms with van der Waals surface area (Å²) >= 11 is 0. The van der Waals surface area contributed by atoms with Gasteiger partial charge in [0.15, 0.2) is 0 Å². The lowest BCUT2D eigenvalue weighted by Crippen LogP contribution is -2.47. The summed E-state index contributed by atoms with van der Waals surface area (Å²) in [5, 5.41) is 9.58. The van der Waals surface area contributed by atoms with Crippen molar-refractivity contribution in [2.45, 2.75) is 18.9 Å². The van der Waals surface area contributed by atoms with Crippen molar-refractivity contribution in [2.75, 3.05) is 18.0 Å². The highest BCUT2D eigenvalue weighted by Gasteiger charge is 2.36. The Kier molecular flexibility index (Phi) is 4.28. The summed E-state index contributed by atoms with van der Waals surface area (Å²) in [7, 11) is 0. The van der Waals surface area contributed by atoms with Crippen LogP contribution in [0.2, 0.25) is 0 Å². The van der Waals surface area contributed by atoms with E-state index < -0.39 is 0 Å². The number of benzene rings is 1. The molecule has 0 N–H and O–H groups in total. The minimum atomic E-state index is 0.0661. The number of nitriles is 1. The van der Waals surface area contributed by atoms with Gasteiger partial charge in [-0.25, -0.2) is 0 Å². The molecule has 144 valence electrons. The third-order valence-corrected chi connectivity index (χ3v) is 5.72. The van der Waals surface area contributed by atoms with E-state index in [1.54, 1.807) is 12.1 Å². The molecular formula is C23H20N4O2. The molecule has 0 saturated carbocycles. The van der Waals surface area contributed by atoms with Crippen LogP contribution in [0.15, 0.2) is 57.7 Å². The predicted octanol–water partition coefficient (Wildman–Crippen LogP) is 3.50. The molecule has 0 unspecified atom stereocenters. The highest BCUT2D eigenvalue weighted by Crippen LogP contribution is 2.38. The monoisotopic (exact) mass is 384 g/mol. The van der Waals surface area contributed by atoms with E-state index in [0.29, 0.717) is 36.5 Å². The van der Waals surface area contributed by atoms with Crippen molar-refractivity contribution < 1.29 is 4.42 Å². The van der Waals surface area contributed by atoms with E-state index in [1.807, 2.05) is 53.1 Å². The van der Waals surface area contributed by atoms with Crippen molar-refractivity contribution in [1.29, 1.82) is 5.26 Å². The molecule has 2 bridgehead atoms. The second-order valence-electron chi connectivity index (χ2n) is 7.66. The lowest BCUT2D eigenvalue weighted by Gasteiger charge is -2.42. The number of hydrogen-bond acceptors (Lipinski definition) is 5. The Balaban J connectivity index is 1.43. The van der Waals surface area contributed by atoms with Gasteiger partial charge in [0.2, 0.25) is 17.5 Å². The summed E-state index contributed by atoms with van der Waals surface area (Å²) < 4.78 is 7.88. The van der Waals surface area contributed by atoms with Crippen LogP contribution in [0.3, 0.4) is 0 Å². The lowest BCUT2D eigenvalue weighted by molar-refractivity contribution is 0.275. The maximum Gasteiger partial charge on any atom is 0.250 e. The largest absolute Gasteiger partial charge is 0.420 e. The van der Waals surface area contributed by atoms with Gasteiger partial charge in [-0.2, -0.15) is 10.2 Å². The van der Waals surface area contributed by atoms with Crippen molar-refractivity contribution in [3.63, 3.8) is 0 Å². The Hall–Kier alpha value is -3.59. The van der Waals surface area contributed by atoms with E-state index >= 15 is 0 Å². The molecule has 2 atom stereocenters. The normalized spacial score (nSPS) is 20.4. The Morgan fingerprint density at radius 3 is 2.76 bits per heavy atom. The van der Waals surface area contributed by atoms with Gasteiger partial charge in [0.1, 0.15) is 6.07 Å². The molecule has 29 heavy (non-hydrogen) atoms. The minimum absolute atomic E-state index is 0.0661. The number of fused-ring (bicyclic) bond motifs is 4. The number of hydrogen-bond donors (Lipinski definition) is 0. The predicted molar refractivity (Wildman–Crippen MR) is 110 cm³/mol. The first-order valence-corrected chi connectivity index (χ1v) is 9.80. The molecule has 4 heterocycles. The number of anilines is 1. The standard InChI is InChI=1S/C23H20N4O2/c24-12-19-23(29-21(25-19)10-9-16-5-2-1-3-6-16)26-13-17-11-18(15-26)20-7-4-8-22(28)27(20)14-17/h1-10,17-18H,11,13-15H2/b10-9+/t17-,18+/m1/s1. The van der Waals surface area contributed by atoms with E-state index in [1.165, 1.54) is 0 Å². The van der Waals surface area contributed by atoms with Crippen molar-refractivity contribution >= 4 is 18.0 Å². The van der Waals surface area contributed by atoms with Crippen LogP contribution in [0.25, 0.3) is 12.2 Å². The van der Waals surface area contributed by atoms with Gasteiger partial charge in [-0.3, -0.25) is 4.79 Å². The van der Waals surface area contributed by atoms with Crippen LogP contribution in [0.1, 0.15) is 35.2 Å². The third kappa shape index (κ3) is 3.25. The van der Waals surface area contributed by atoms with Crippen LogP contribution in [0, 0.1) is 17.2 Å². The summed E-state index contributed by atoms with van der Waals surface area (Å²) in [6, 6.07) is 17.6. The van der Waals surface area contributed by atoms with Crippen molar-refractivity contribution in [2.24, 2.45) is 5.92 Å². The minimum Gasteiger partial charge on any atom is -0.420 e. The van der Waals surface area contributed by atoms with Crippen molar-refractivity contribution in [1.82, 2.24) is 9.55 Å². The number of pyridine rings is 1. The van der Waals surface area contributed by atoms with Crippen molar-refractivity contribution in [3.05, 3.63) is 81.7 Å². The maximum absolute atomic E-state index is 12.2. The van der Waals surface area contributed by atoms with Gasteiger partial charge in [-0.1, -0.05) is 36.4 Å². The topological polar surface area (TPSA) is 75.1 Å². The lowest BCUT2D eigenvalue weighted by atomic mass is 9.83. The van der Waals surface area contributed by atoms with Gasteiger partial charge >= 0.3 is 0 Å². The van der Waals surface area contributed by atoms with Crippen LogP contribution in [-0.2, 0) is 6.54 Å². The van der Waals surface area contributed by atoms with Crippen LogP contribution >= 0.6 is 0 Å². The summed E-state index contributed by atoms with van der Waals surface area (Å²) in [6.07, 6.45) is 4.76. The third-order valence-electron chi connectivity index (χ3n) is 5.72. The number of rotatable bonds is 3. The molecule has 2 aliphatic heterocycles. The van der Waals surface area contributed by atoms with Gasteiger partial charge in [0.05, 0.1) is 0 Å². The molecule has 0 amide bonds. The zero-order valence-electron chi connectivity index (χ0n) is 15.9. The number of aromatic nitrogens is 2. The van der Waals surface area contributed by atoms with Gasteiger partial charge in [0.25, 0.3) is 5.56 Å². The van der Waals surface area contributed by atoms with Crippen LogP contribution in [0.5, 0.6) is 0 Å². The highest BCUT2D eigenvalue weighted by atomic mass is 16.4. The van der Waals surface area contributed by atoms with Crippen LogP contribution in [-0.4, -0.2) is 22.6 Å². The zero-order valence-corrected chi connectivity index (χ0v) is 15.9. The molecular weight excluding hydrogens is 364 g/mol. The number of oxazole rings is 1. The number of piperidine rings is 1. The second-order valence-corrected chi connectivity index (χ2v) is 7.66. The Bertz CT molecular complexity index is 1170. The quantitative estimate of drug-likeness (QED) is 0.691. The molecule has 6 heteroatoms. The van der Waals surface area contributed by atoms with E-state index in [9.17, 15) is 10.1 Å². The SMILES string of the molecule is N#Cc1nc(/C=C/c2ccccc2)oc1N1C[C@H]2C[C@@H](C1)c1cccc(=O)n1C2. The van der Waals surface area contributed by atoms with Gasteiger partial charge < -0.3 is 13.9 Å². The van der Waals surface area contributed by atoms with Gasteiger partial charge in [-0.05, 0) is 30.0 Å². The van der Waals surface area contributed by atoms with E-state index in [0.717, 1.165) is 24.2 Å². The average Bonchev–Trinajstić information content (AvgIpc) is 3.17. The Morgan fingerprint density at radius 1 is 1.07 bits per heavy atom. The van der Waals surface area contributed by atoms with E-state index in [2.05, 4.69) is 16.0 Å². The number of nitrogens with zero attached hydrogens (tertiary/aromatic N) is 4. The van der Waals surface area contributed by atoms with Crippen LogP contribution < -0.4 is 10.5 Å². The molecule has 0 aliphatic carbocycles. The first kappa shape index (κ1) is 17.5. The Labute approximate surface area is 168 Å². The molecule has 1 fully saturated rings. The molecule has 0 radical (unpaired) electrons. The molecule has 5 rings (SSSR count). The summed E-state index contributed by atoms with van der Waals surface area (Å²) in [4.78, 5) is 18.7. The summed E-state index contributed by atoms with van der Waals surface area (Å²) in [5.41, 5.74) is 2.49. The smallest absolute Gasteiger partial charge is 0.250 e. The fourth-order valence-corrected chi connectivity index (χ4v) is 4.48. The molecule has 2 aliphatic rings. The molecule has 1 saturated heterocycles. The van der Waals surface area contributed by atoms with Crippen molar-refractivity contribution in [3.8, 4) is 6.07 Å². The molecule has 6 nitrogen and oxygen atoms in total. The highest BCUT2D eigenvalue weighted by molar-refractivity contribution is 5.67. The first-order chi connectivity index (χ1) is 14.2. The fourth-order valence-electron chi connectivity index (χ4n) is 4.48. The van der Waals surface area contributed by atoms with E-state index in [-0.39, 0.29) is 11.5 Å². The zero-order chi connectivity index (χ0) is 19.8. The summed E-state index contributed by atoms with van der Waals surface area (Å²) in [6.45, 7) is 2.17.